The highest BCUT2D eigenvalue weighted by Crippen LogP contribution is 2.29. The number of methoxy groups -OCH3 is 1. The highest BCUT2D eigenvalue weighted by atomic mass is 16.5. The van der Waals surface area contributed by atoms with E-state index >= 15 is 0 Å². The lowest BCUT2D eigenvalue weighted by Crippen LogP contribution is -2.42. The Hall–Kier alpha value is -1.30. The molecule has 3 rings (SSSR count). The van der Waals surface area contributed by atoms with Crippen LogP contribution in [-0.2, 0) is 6.54 Å². The molecular formula is C19H31N3O2. The normalized spacial score (nSPS) is 22.7. The van der Waals surface area contributed by atoms with Crippen LogP contribution in [0.5, 0.6) is 11.5 Å². The molecular weight excluding hydrogens is 302 g/mol. The molecule has 2 aliphatic heterocycles. The van der Waals surface area contributed by atoms with Crippen molar-refractivity contribution < 1.29 is 9.47 Å². The number of rotatable bonds is 7. The van der Waals surface area contributed by atoms with E-state index in [1.165, 1.54) is 37.9 Å². The zero-order chi connectivity index (χ0) is 16.8. The predicted octanol–water partition coefficient (Wildman–Crippen LogP) is 2.09. The molecule has 2 N–H and O–H groups in total. The highest BCUT2D eigenvalue weighted by Gasteiger charge is 2.17. The number of nitrogens with zero attached hydrogens (tertiary/aromatic N) is 2. The summed E-state index contributed by atoms with van der Waals surface area (Å²) < 4.78 is 11.5. The van der Waals surface area contributed by atoms with Crippen LogP contribution in [0, 0.1) is 0 Å². The first-order chi connectivity index (χ1) is 11.7. The fourth-order valence-electron chi connectivity index (χ4n) is 3.71. The summed E-state index contributed by atoms with van der Waals surface area (Å²) in [5.41, 5.74) is 7.33. The van der Waals surface area contributed by atoms with E-state index in [-0.39, 0.29) is 0 Å². The van der Waals surface area contributed by atoms with Gasteiger partial charge in [0.15, 0.2) is 11.5 Å². The molecule has 5 heteroatoms. The van der Waals surface area contributed by atoms with E-state index in [0.717, 1.165) is 50.7 Å². The van der Waals surface area contributed by atoms with Crippen molar-refractivity contribution in [1.82, 2.24) is 9.80 Å². The minimum Gasteiger partial charge on any atom is -0.493 e. The molecule has 1 atom stereocenters. The summed E-state index contributed by atoms with van der Waals surface area (Å²) in [5, 5.41) is 0. The molecule has 0 aliphatic carbocycles. The molecule has 24 heavy (non-hydrogen) atoms. The Kier molecular flexibility index (Phi) is 6.35. The standard InChI is InChI=1S/C19H31N3O2/c1-23-19-13-16(14-22-10-4-5-17(20)15-22)6-7-18(19)24-12-11-21-8-2-3-9-21/h6-7,13,17H,2-5,8-12,14-15,20H2,1H3/t17-/m1/s1. The van der Waals surface area contributed by atoms with Gasteiger partial charge >= 0.3 is 0 Å². The van der Waals surface area contributed by atoms with Crippen molar-refractivity contribution in [2.75, 3.05) is 46.4 Å². The molecule has 134 valence electrons. The third-order valence-corrected chi connectivity index (χ3v) is 5.04. The van der Waals surface area contributed by atoms with E-state index in [9.17, 15) is 0 Å². The maximum absolute atomic E-state index is 6.08. The number of hydrogen-bond donors (Lipinski definition) is 1. The Bertz CT molecular complexity index is 517. The van der Waals surface area contributed by atoms with Crippen molar-refractivity contribution in [3.63, 3.8) is 0 Å². The minimum absolute atomic E-state index is 0.314. The molecule has 5 nitrogen and oxygen atoms in total. The second-order valence-electron chi connectivity index (χ2n) is 7.02. The zero-order valence-electron chi connectivity index (χ0n) is 14.9. The SMILES string of the molecule is COc1cc(CN2CCC[C@@H](N)C2)ccc1OCCN1CCCC1. The summed E-state index contributed by atoms with van der Waals surface area (Å²) in [6.07, 6.45) is 4.97. The van der Waals surface area contributed by atoms with Crippen LogP contribution in [0.4, 0.5) is 0 Å². The monoisotopic (exact) mass is 333 g/mol. The van der Waals surface area contributed by atoms with Gasteiger partial charge in [-0.3, -0.25) is 9.80 Å². The second-order valence-corrected chi connectivity index (χ2v) is 7.02. The summed E-state index contributed by atoms with van der Waals surface area (Å²) in [4.78, 5) is 4.89. The van der Waals surface area contributed by atoms with Gasteiger partial charge in [0.05, 0.1) is 7.11 Å². The van der Waals surface area contributed by atoms with E-state index in [1.807, 2.05) is 6.07 Å². The van der Waals surface area contributed by atoms with E-state index in [4.69, 9.17) is 15.2 Å². The smallest absolute Gasteiger partial charge is 0.161 e. The zero-order valence-corrected chi connectivity index (χ0v) is 14.9. The molecule has 2 heterocycles. The first-order valence-electron chi connectivity index (χ1n) is 9.24. The van der Waals surface area contributed by atoms with E-state index in [1.54, 1.807) is 7.11 Å². The topological polar surface area (TPSA) is 51.0 Å². The summed E-state index contributed by atoms with van der Waals surface area (Å²) in [7, 11) is 1.71. The summed E-state index contributed by atoms with van der Waals surface area (Å²) in [6.45, 7) is 7.17. The Balaban J connectivity index is 1.53. The molecule has 2 aliphatic rings. The van der Waals surface area contributed by atoms with Crippen molar-refractivity contribution in [3.8, 4) is 11.5 Å². The number of nitrogens with two attached hydrogens (primary N) is 1. The maximum Gasteiger partial charge on any atom is 0.161 e. The van der Waals surface area contributed by atoms with Gasteiger partial charge in [0.2, 0.25) is 0 Å². The summed E-state index contributed by atoms with van der Waals surface area (Å²) in [5.74, 6) is 1.67. The summed E-state index contributed by atoms with van der Waals surface area (Å²) >= 11 is 0. The van der Waals surface area contributed by atoms with Gasteiger partial charge in [-0.1, -0.05) is 6.07 Å². The van der Waals surface area contributed by atoms with Crippen LogP contribution in [0.15, 0.2) is 18.2 Å². The Morgan fingerprint density at radius 3 is 2.62 bits per heavy atom. The molecule has 1 aromatic carbocycles. The van der Waals surface area contributed by atoms with Crippen LogP contribution in [-0.4, -0.2) is 62.3 Å². The lowest BCUT2D eigenvalue weighted by atomic mass is 10.1. The van der Waals surface area contributed by atoms with Crippen LogP contribution in [0.1, 0.15) is 31.2 Å². The van der Waals surface area contributed by atoms with Crippen molar-refractivity contribution in [1.29, 1.82) is 0 Å². The van der Waals surface area contributed by atoms with Gasteiger partial charge in [-0.15, -0.1) is 0 Å². The maximum atomic E-state index is 6.08. The average Bonchev–Trinajstić information content (AvgIpc) is 3.09. The first-order valence-corrected chi connectivity index (χ1v) is 9.24. The fourth-order valence-corrected chi connectivity index (χ4v) is 3.71. The molecule has 2 fully saturated rings. The number of benzene rings is 1. The Morgan fingerprint density at radius 2 is 1.88 bits per heavy atom. The molecule has 0 unspecified atom stereocenters. The molecule has 0 amide bonds. The number of ether oxygens (including phenoxy) is 2. The molecule has 0 bridgehead atoms. The van der Waals surface area contributed by atoms with Crippen LogP contribution in [0.3, 0.4) is 0 Å². The predicted molar refractivity (Wildman–Crippen MR) is 96.6 cm³/mol. The summed E-state index contributed by atoms with van der Waals surface area (Å²) in [6, 6.07) is 6.61. The molecule has 0 saturated carbocycles. The molecule has 1 aromatic rings. The first kappa shape index (κ1) is 17.5. The molecule has 2 saturated heterocycles. The number of likely N-dealkylation sites (tertiary alicyclic amines) is 2. The lowest BCUT2D eigenvalue weighted by molar-refractivity contribution is 0.201. The van der Waals surface area contributed by atoms with Gasteiger partial charge in [-0.2, -0.15) is 0 Å². The van der Waals surface area contributed by atoms with Crippen LogP contribution in [0.2, 0.25) is 0 Å². The minimum atomic E-state index is 0.314. The Morgan fingerprint density at radius 1 is 1.08 bits per heavy atom. The largest absolute Gasteiger partial charge is 0.493 e. The van der Waals surface area contributed by atoms with Crippen molar-refractivity contribution in [2.45, 2.75) is 38.3 Å². The molecule has 0 radical (unpaired) electrons. The third kappa shape index (κ3) is 4.85. The lowest BCUT2D eigenvalue weighted by Gasteiger charge is -2.30. The third-order valence-electron chi connectivity index (χ3n) is 5.04. The highest BCUT2D eigenvalue weighted by molar-refractivity contribution is 5.43. The fraction of sp³-hybridized carbons (Fsp3) is 0.684. The second kappa shape index (κ2) is 8.70. The van der Waals surface area contributed by atoms with Gasteiger partial charge in [0.25, 0.3) is 0 Å². The van der Waals surface area contributed by atoms with Crippen molar-refractivity contribution >= 4 is 0 Å². The van der Waals surface area contributed by atoms with Crippen molar-refractivity contribution in [3.05, 3.63) is 23.8 Å². The van der Waals surface area contributed by atoms with E-state index in [0.29, 0.717) is 6.04 Å². The van der Waals surface area contributed by atoms with Gasteiger partial charge in [-0.05, 0) is 63.0 Å². The van der Waals surface area contributed by atoms with Gasteiger partial charge in [0, 0.05) is 25.7 Å². The quantitative estimate of drug-likeness (QED) is 0.828. The molecule has 0 spiro atoms. The van der Waals surface area contributed by atoms with E-state index in [2.05, 4.69) is 21.9 Å². The average molecular weight is 333 g/mol. The van der Waals surface area contributed by atoms with Crippen LogP contribution < -0.4 is 15.2 Å². The van der Waals surface area contributed by atoms with Gasteiger partial charge in [-0.25, -0.2) is 0 Å². The molecule has 0 aromatic heterocycles. The van der Waals surface area contributed by atoms with E-state index < -0.39 is 0 Å². The van der Waals surface area contributed by atoms with Crippen molar-refractivity contribution in [2.24, 2.45) is 5.73 Å². The number of piperidine rings is 1. The van der Waals surface area contributed by atoms with Gasteiger partial charge < -0.3 is 15.2 Å². The van der Waals surface area contributed by atoms with Gasteiger partial charge in [0.1, 0.15) is 6.61 Å². The number of hydrogen-bond acceptors (Lipinski definition) is 5. The Labute approximate surface area is 145 Å². The van der Waals surface area contributed by atoms with Crippen LogP contribution >= 0.6 is 0 Å². The van der Waals surface area contributed by atoms with Crippen LogP contribution in [0.25, 0.3) is 0 Å².